The van der Waals surface area contributed by atoms with Crippen molar-refractivity contribution in [3.63, 3.8) is 0 Å². The monoisotopic (exact) mass is 453 g/mol. The molecule has 1 atom stereocenters. The molecule has 2 amide bonds. The molecule has 0 spiro atoms. The van der Waals surface area contributed by atoms with E-state index in [1.807, 2.05) is 48.5 Å². The number of carbonyl (C=O) groups is 3. The van der Waals surface area contributed by atoms with Crippen LogP contribution in [0, 0.1) is 0 Å². The number of thiazole rings is 1. The van der Waals surface area contributed by atoms with E-state index in [0.29, 0.717) is 0 Å². The first-order valence-corrected chi connectivity index (χ1v) is 10.6. The van der Waals surface area contributed by atoms with E-state index in [9.17, 15) is 14.4 Å². The molecule has 0 fully saturated rings. The number of aliphatic hydroxyl groups excluding tert-OH is 1. The molecule has 0 saturated heterocycles. The van der Waals surface area contributed by atoms with Crippen molar-refractivity contribution in [3.8, 4) is 11.1 Å². The number of carboxylic acids is 1. The van der Waals surface area contributed by atoms with Gasteiger partial charge in [-0.05, 0) is 22.3 Å². The topological polar surface area (TPSA) is 138 Å². The molecule has 9 nitrogen and oxygen atoms in total. The van der Waals surface area contributed by atoms with E-state index in [1.165, 1.54) is 5.38 Å². The number of nitrogens with one attached hydrogen (secondary N) is 2. The number of fused-ring (bicyclic) bond motifs is 3. The maximum atomic E-state index is 12.3. The second kappa shape index (κ2) is 9.16. The summed E-state index contributed by atoms with van der Waals surface area (Å²) < 4.78 is 5.43. The first-order chi connectivity index (χ1) is 15.5. The van der Waals surface area contributed by atoms with Crippen LogP contribution in [0.5, 0.6) is 0 Å². The average molecular weight is 453 g/mol. The number of nitrogens with zero attached hydrogens (tertiary/aromatic N) is 1. The quantitative estimate of drug-likeness (QED) is 0.431. The number of hydrogen-bond donors (Lipinski definition) is 4. The van der Waals surface area contributed by atoms with Crippen molar-refractivity contribution in [3.05, 3.63) is 70.7 Å². The van der Waals surface area contributed by atoms with E-state index in [2.05, 4.69) is 15.6 Å². The van der Waals surface area contributed by atoms with Gasteiger partial charge in [0.1, 0.15) is 12.3 Å². The summed E-state index contributed by atoms with van der Waals surface area (Å²) in [4.78, 5) is 39.3. The van der Waals surface area contributed by atoms with Crippen molar-refractivity contribution in [2.24, 2.45) is 0 Å². The largest absolute Gasteiger partial charge is 0.480 e. The van der Waals surface area contributed by atoms with Crippen molar-refractivity contribution in [1.29, 1.82) is 0 Å². The molecule has 1 aliphatic rings. The number of rotatable bonds is 7. The highest BCUT2D eigenvalue weighted by Gasteiger charge is 2.29. The summed E-state index contributed by atoms with van der Waals surface area (Å²) in [5.41, 5.74) is 4.34. The molecule has 4 N–H and O–H groups in total. The van der Waals surface area contributed by atoms with Gasteiger partial charge in [-0.2, -0.15) is 0 Å². The van der Waals surface area contributed by atoms with Gasteiger partial charge in [-0.15, -0.1) is 11.3 Å². The summed E-state index contributed by atoms with van der Waals surface area (Å²) in [6.07, 6.45) is -0.716. The Morgan fingerprint density at radius 1 is 1.06 bits per heavy atom. The Labute approximate surface area is 186 Å². The number of carboxylic acid groups (broad SMARTS) is 1. The van der Waals surface area contributed by atoms with Crippen molar-refractivity contribution in [2.45, 2.75) is 12.0 Å². The zero-order valence-corrected chi connectivity index (χ0v) is 17.5. The lowest BCUT2D eigenvalue weighted by atomic mass is 9.98. The average Bonchev–Trinajstić information content (AvgIpc) is 3.38. The third-order valence-corrected chi connectivity index (χ3v) is 5.83. The van der Waals surface area contributed by atoms with Crippen LogP contribution in [0.2, 0.25) is 0 Å². The molecule has 4 rings (SSSR count). The van der Waals surface area contributed by atoms with Gasteiger partial charge in [0.15, 0.2) is 11.2 Å². The second-order valence-electron chi connectivity index (χ2n) is 7.04. The maximum Gasteiger partial charge on any atom is 0.413 e. The van der Waals surface area contributed by atoms with Gasteiger partial charge in [0.05, 0.1) is 6.61 Å². The normalized spacial score (nSPS) is 13.0. The molecule has 2 aromatic carbocycles. The summed E-state index contributed by atoms with van der Waals surface area (Å²) in [5.74, 6) is -2.23. The Morgan fingerprint density at radius 2 is 1.69 bits per heavy atom. The van der Waals surface area contributed by atoms with Crippen LogP contribution in [-0.4, -0.2) is 52.4 Å². The van der Waals surface area contributed by atoms with Crippen LogP contribution in [-0.2, 0) is 9.53 Å². The molecule has 3 aromatic rings. The van der Waals surface area contributed by atoms with E-state index >= 15 is 0 Å². The summed E-state index contributed by atoms with van der Waals surface area (Å²) >= 11 is 0.991. The summed E-state index contributed by atoms with van der Waals surface area (Å²) in [5, 5.41) is 24.0. The number of aliphatic carboxylic acids is 1. The molecule has 164 valence electrons. The van der Waals surface area contributed by atoms with Crippen molar-refractivity contribution in [2.75, 3.05) is 18.5 Å². The van der Waals surface area contributed by atoms with Crippen molar-refractivity contribution < 1.29 is 29.3 Å². The summed E-state index contributed by atoms with van der Waals surface area (Å²) in [6, 6.07) is 14.5. The van der Waals surface area contributed by atoms with Gasteiger partial charge in [0.25, 0.3) is 5.91 Å². The van der Waals surface area contributed by atoms with Crippen LogP contribution >= 0.6 is 11.3 Å². The highest BCUT2D eigenvalue weighted by Crippen LogP contribution is 2.44. The minimum atomic E-state index is -1.44. The predicted molar refractivity (Wildman–Crippen MR) is 117 cm³/mol. The van der Waals surface area contributed by atoms with Gasteiger partial charge >= 0.3 is 12.1 Å². The first kappa shape index (κ1) is 21.5. The molecule has 10 heteroatoms. The van der Waals surface area contributed by atoms with E-state index in [-0.39, 0.29) is 23.4 Å². The highest BCUT2D eigenvalue weighted by atomic mass is 32.1. The molecule has 0 unspecified atom stereocenters. The van der Waals surface area contributed by atoms with Gasteiger partial charge < -0.3 is 20.3 Å². The highest BCUT2D eigenvalue weighted by molar-refractivity contribution is 7.14. The Hall–Kier alpha value is -3.76. The van der Waals surface area contributed by atoms with E-state index < -0.39 is 30.6 Å². The number of benzene rings is 2. The SMILES string of the molecule is O=C(Nc1nc(C(=O)N[C@@H](CO)C(=O)O)cs1)OCC1c2ccccc2-c2ccccc21. The van der Waals surface area contributed by atoms with E-state index in [1.54, 1.807) is 0 Å². The van der Waals surface area contributed by atoms with Crippen LogP contribution < -0.4 is 10.6 Å². The van der Waals surface area contributed by atoms with Gasteiger partial charge in [-0.3, -0.25) is 10.1 Å². The van der Waals surface area contributed by atoms with E-state index in [0.717, 1.165) is 33.6 Å². The smallest absolute Gasteiger partial charge is 0.413 e. The number of amides is 2. The van der Waals surface area contributed by atoms with Crippen LogP contribution in [0.15, 0.2) is 53.9 Å². The molecule has 1 aliphatic carbocycles. The standard InChI is InChI=1S/C22H19N3O6S/c26-9-17(20(28)29)23-19(27)18-11-32-21(24-18)25-22(30)31-10-16-14-7-3-1-5-12(14)13-6-2-4-8-15(13)16/h1-8,11,16-17,26H,9-10H2,(H,23,27)(H,28,29)(H,24,25,30)/t17-/m0/s1. The molecule has 1 aromatic heterocycles. The molecule has 0 saturated carbocycles. The molecule has 32 heavy (non-hydrogen) atoms. The zero-order chi connectivity index (χ0) is 22.7. The Morgan fingerprint density at radius 3 is 2.28 bits per heavy atom. The van der Waals surface area contributed by atoms with Gasteiger partial charge in [0.2, 0.25) is 0 Å². The summed E-state index contributed by atoms with van der Waals surface area (Å²) in [6.45, 7) is -0.620. The van der Waals surface area contributed by atoms with Crippen LogP contribution in [0.1, 0.15) is 27.5 Å². The molecule has 0 aliphatic heterocycles. The molecular weight excluding hydrogens is 434 g/mol. The van der Waals surface area contributed by atoms with Gasteiger partial charge in [-0.1, -0.05) is 48.5 Å². The molecule has 0 bridgehead atoms. The third kappa shape index (κ3) is 4.32. The Kier molecular flexibility index (Phi) is 6.15. The first-order valence-electron chi connectivity index (χ1n) is 9.70. The third-order valence-electron chi connectivity index (χ3n) is 5.08. The van der Waals surface area contributed by atoms with Crippen molar-refractivity contribution in [1.82, 2.24) is 10.3 Å². The van der Waals surface area contributed by atoms with Gasteiger partial charge in [0, 0.05) is 11.3 Å². The van der Waals surface area contributed by atoms with Crippen LogP contribution in [0.4, 0.5) is 9.93 Å². The fraction of sp³-hybridized carbons (Fsp3) is 0.182. The van der Waals surface area contributed by atoms with Crippen LogP contribution in [0.25, 0.3) is 11.1 Å². The van der Waals surface area contributed by atoms with E-state index in [4.69, 9.17) is 14.9 Å². The number of hydrogen-bond acceptors (Lipinski definition) is 7. The lowest BCUT2D eigenvalue weighted by Crippen LogP contribution is -2.43. The van der Waals surface area contributed by atoms with Crippen LogP contribution in [0.3, 0.4) is 0 Å². The summed E-state index contributed by atoms with van der Waals surface area (Å²) in [7, 11) is 0. The lowest BCUT2D eigenvalue weighted by Gasteiger charge is -2.14. The number of carbonyl (C=O) groups excluding carboxylic acids is 2. The second-order valence-corrected chi connectivity index (χ2v) is 7.89. The Bertz CT molecular complexity index is 1130. The fourth-order valence-corrected chi connectivity index (χ4v) is 4.25. The minimum absolute atomic E-state index is 0.0800. The molecule has 1 heterocycles. The number of anilines is 1. The van der Waals surface area contributed by atoms with Crippen molar-refractivity contribution >= 4 is 34.4 Å². The van der Waals surface area contributed by atoms with Gasteiger partial charge in [-0.25, -0.2) is 14.6 Å². The fourth-order valence-electron chi connectivity index (χ4n) is 3.57. The minimum Gasteiger partial charge on any atom is -0.480 e. The number of ether oxygens (including phenoxy) is 1. The number of aliphatic hydroxyl groups is 1. The maximum absolute atomic E-state index is 12.3. The Balaban J connectivity index is 1.37. The molecular formula is C22H19N3O6S. The number of aromatic nitrogens is 1. The zero-order valence-electron chi connectivity index (χ0n) is 16.6. The molecule has 0 radical (unpaired) electrons. The predicted octanol–water partition coefficient (Wildman–Crippen LogP) is 2.68. The lowest BCUT2D eigenvalue weighted by molar-refractivity contribution is -0.140.